The summed E-state index contributed by atoms with van der Waals surface area (Å²) >= 11 is 0. The van der Waals surface area contributed by atoms with Crippen LogP contribution in [-0.2, 0) is 0 Å². The summed E-state index contributed by atoms with van der Waals surface area (Å²) in [6, 6.07) is 1.96. The lowest BCUT2D eigenvalue weighted by Gasteiger charge is -2.35. The Morgan fingerprint density at radius 2 is 2.00 bits per heavy atom. The number of aryl methyl sites for hydroxylation is 1. The number of aliphatic hydroxyl groups is 1. The van der Waals surface area contributed by atoms with Crippen LogP contribution in [0.2, 0.25) is 0 Å². The zero-order valence-electron chi connectivity index (χ0n) is 20.6. The number of aliphatic hydroxyl groups excluding tert-OH is 1. The smallest absolute Gasteiger partial charge is 0.137 e. The van der Waals surface area contributed by atoms with Crippen LogP contribution in [0, 0.1) is 12.8 Å². The van der Waals surface area contributed by atoms with Gasteiger partial charge in [-0.3, -0.25) is 9.89 Å². The number of hydrogen-bond donors (Lipinski definition) is 3. The molecule has 2 aliphatic rings. The molecule has 0 saturated carbocycles. The summed E-state index contributed by atoms with van der Waals surface area (Å²) in [6.07, 6.45) is 9.38. The van der Waals surface area contributed by atoms with Crippen molar-refractivity contribution >= 4 is 23.7 Å². The van der Waals surface area contributed by atoms with Gasteiger partial charge < -0.3 is 20.6 Å². The van der Waals surface area contributed by atoms with Crippen LogP contribution in [0.3, 0.4) is 0 Å². The molecular weight excluding hydrogens is 428 g/mol. The maximum atomic E-state index is 9.14. The van der Waals surface area contributed by atoms with Crippen LogP contribution in [0.1, 0.15) is 26.6 Å². The van der Waals surface area contributed by atoms with Gasteiger partial charge in [-0.05, 0) is 38.5 Å². The van der Waals surface area contributed by atoms with Crippen LogP contribution < -0.4 is 15.5 Å². The van der Waals surface area contributed by atoms with Crippen molar-refractivity contribution in [2.75, 3.05) is 49.5 Å². The van der Waals surface area contributed by atoms with E-state index in [1.165, 1.54) is 0 Å². The number of allylic oxidation sites excluding steroid dienone is 4. The largest absolute Gasteiger partial charge is 0.395 e. The Hall–Kier alpha value is -3.30. The molecule has 0 aliphatic carbocycles. The highest BCUT2D eigenvalue weighted by Gasteiger charge is 2.18. The molecule has 9 heteroatoms. The minimum absolute atomic E-state index is 0.180. The van der Waals surface area contributed by atoms with Crippen molar-refractivity contribution in [1.82, 2.24) is 20.2 Å². The summed E-state index contributed by atoms with van der Waals surface area (Å²) in [5.74, 6) is 3.23. The summed E-state index contributed by atoms with van der Waals surface area (Å²) in [5.41, 5.74) is 2.76. The molecule has 3 heterocycles. The van der Waals surface area contributed by atoms with Crippen LogP contribution in [-0.4, -0.2) is 71.4 Å². The normalized spacial score (nSPS) is 19.6. The summed E-state index contributed by atoms with van der Waals surface area (Å²) in [7, 11) is 0. The number of aromatic nitrogens is 2. The molecule has 1 saturated heterocycles. The van der Waals surface area contributed by atoms with Gasteiger partial charge in [0.25, 0.3) is 0 Å². The maximum Gasteiger partial charge on any atom is 0.137 e. The molecule has 2 aliphatic heterocycles. The van der Waals surface area contributed by atoms with E-state index in [0.29, 0.717) is 11.6 Å². The monoisotopic (exact) mass is 464 g/mol. The Bertz CT molecular complexity index is 1020. The molecule has 0 amide bonds. The number of β-amino-alcohol motifs (C(OH)–C–C–N with tert-alkyl or cyclic N) is 1. The van der Waals surface area contributed by atoms with Gasteiger partial charge in [0.2, 0.25) is 0 Å². The lowest BCUT2D eigenvalue weighted by atomic mass is 10.1. The molecule has 1 fully saturated rings. The second-order valence-corrected chi connectivity index (χ2v) is 8.52. The van der Waals surface area contributed by atoms with E-state index in [1.54, 1.807) is 12.4 Å². The third kappa shape index (κ3) is 7.36. The fourth-order valence-corrected chi connectivity index (χ4v) is 3.64. The molecule has 3 rings (SSSR count). The van der Waals surface area contributed by atoms with Gasteiger partial charge in [-0.15, -0.1) is 0 Å². The molecule has 0 aromatic carbocycles. The highest BCUT2D eigenvalue weighted by atomic mass is 16.3. The summed E-state index contributed by atoms with van der Waals surface area (Å²) in [6.45, 7) is 16.5. The molecular formula is C25H36N8O. The van der Waals surface area contributed by atoms with Gasteiger partial charge in [0, 0.05) is 74.7 Å². The zero-order valence-corrected chi connectivity index (χ0v) is 20.6. The van der Waals surface area contributed by atoms with Crippen molar-refractivity contribution in [2.24, 2.45) is 15.9 Å². The second-order valence-electron chi connectivity index (χ2n) is 8.52. The van der Waals surface area contributed by atoms with E-state index in [0.717, 1.165) is 61.3 Å². The lowest BCUT2D eigenvalue weighted by molar-refractivity contribution is 0.188. The highest BCUT2D eigenvalue weighted by molar-refractivity contribution is 5.93. The third-order valence-electron chi connectivity index (χ3n) is 5.72. The number of aliphatic imine (C=N–C) groups is 2. The lowest BCUT2D eigenvalue weighted by Crippen LogP contribution is -2.47. The number of amidine groups is 1. The number of hydrogen-bond acceptors (Lipinski definition) is 8. The molecule has 1 aromatic rings. The highest BCUT2D eigenvalue weighted by Crippen LogP contribution is 2.18. The van der Waals surface area contributed by atoms with Gasteiger partial charge in [0.05, 0.1) is 6.61 Å². The Kier molecular flexibility index (Phi) is 9.12. The van der Waals surface area contributed by atoms with Crippen LogP contribution in [0.25, 0.3) is 0 Å². The first-order valence-electron chi connectivity index (χ1n) is 11.6. The Morgan fingerprint density at radius 3 is 2.74 bits per heavy atom. The van der Waals surface area contributed by atoms with Crippen molar-refractivity contribution in [2.45, 2.75) is 27.7 Å². The molecule has 9 nitrogen and oxygen atoms in total. The first-order valence-corrected chi connectivity index (χ1v) is 11.6. The quantitative estimate of drug-likeness (QED) is 0.309. The van der Waals surface area contributed by atoms with E-state index in [4.69, 9.17) is 5.11 Å². The number of nitrogens with zero attached hydrogens (tertiary/aromatic N) is 6. The molecule has 34 heavy (non-hydrogen) atoms. The number of nitrogens with one attached hydrogen (secondary N) is 2. The van der Waals surface area contributed by atoms with E-state index < -0.39 is 0 Å². The minimum Gasteiger partial charge on any atom is -0.395 e. The zero-order chi connectivity index (χ0) is 24.5. The van der Waals surface area contributed by atoms with Gasteiger partial charge in [-0.25, -0.2) is 15.0 Å². The average molecular weight is 465 g/mol. The first-order chi connectivity index (χ1) is 16.4. The van der Waals surface area contributed by atoms with Crippen molar-refractivity contribution in [3.05, 3.63) is 60.0 Å². The molecule has 1 atom stereocenters. The standard InChI is InChI=1S/C25H36N8O/c1-18(20(3)28-23-7-6-8-26-16-19(23)2)17-27-21(4)29-24-15-25(31-22(5)30-24)33-11-9-32(10-12-33)13-14-34/h6-8,15-17,19,28,34H,3,9-14H2,1-2,4-5H3,(H,27,29,30,31)/b18-17+. The molecule has 0 radical (unpaired) electrons. The summed E-state index contributed by atoms with van der Waals surface area (Å²) in [4.78, 5) is 22.4. The van der Waals surface area contributed by atoms with Crippen LogP contribution in [0.5, 0.6) is 0 Å². The van der Waals surface area contributed by atoms with Crippen LogP contribution >= 0.6 is 0 Å². The van der Waals surface area contributed by atoms with Crippen molar-refractivity contribution in [1.29, 1.82) is 0 Å². The first kappa shape index (κ1) is 25.3. The van der Waals surface area contributed by atoms with Gasteiger partial charge in [0.1, 0.15) is 23.3 Å². The molecule has 3 N–H and O–H groups in total. The number of piperazine rings is 1. The Labute approximate surface area is 202 Å². The Balaban J connectivity index is 1.61. The van der Waals surface area contributed by atoms with Gasteiger partial charge in [-0.2, -0.15) is 0 Å². The summed E-state index contributed by atoms with van der Waals surface area (Å²) in [5, 5.41) is 15.8. The number of anilines is 2. The van der Waals surface area contributed by atoms with E-state index in [2.05, 4.69) is 53.9 Å². The van der Waals surface area contributed by atoms with Crippen molar-refractivity contribution in [3.63, 3.8) is 0 Å². The SMILES string of the molecule is C=C(NC1=CC=CN=CC1C)/C(C)=C/N=C(\C)Nc1cc(N2CCN(CCO)CC2)nc(C)n1. The topological polar surface area (TPSA) is 101 Å². The molecule has 182 valence electrons. The van der Waals surface area contributed by atoms with E-state index in [-0.39, 0.29) is 12.5 Å². The number of rotatable bonds is 8. The van der Waals surface area contributed by atoms with Gasteiger partial charge in [0.15, 0.2) is 0 Å². The molecule has 1 aromatic heterocycles. The van der Waals surface area contributed by atoms with Crippen LogP contribution in [0.4, 0.5) is 11.6 Å². The third-order valence-corrected chi connectivity index (χ3v) is 5.72. The average Bonchev–Trinajstić information content (AvgIpc) is 3.01. The predicted octanol–water partition coefficient (Wildman–Crippen LogP) is 2.85. The molecule has 1 unspecified atom stereocenters. The van der Waals surface area contributed by atoms with E-state index in [1.807, 2.05) is 45.2 Å². The summed E-state index contributed by atoms with van der Waals surface area (Å²) < 4.78 is 0. The van der Waals surface area contributed by atoms with Crippen molar-refractivity contribution in [3.8, 4) is 0 Å². The van der Waals surface area contributed by atoms with E-state index in [9.17, 15) is 0 Å². The van der Waals surface area contributed by atoms with Crippen LogP contribution in [0.15, 0.2) is 64.1 Å². The maximum absolute atomic E-state index is 9.14. The minimum atomic E-state index is 0.180. The van der Waals surface area contributed by atoms with Gasteiger partial charge in [-0.1, -0.05) is 13.5 Å². The molecule has 0 spiro atoms. The van der Waals surface area contributed by atoms with E-state index >= 15 is 0 Å². The fourth-order valence-electron chi connectivity index (χ4n) is 3.64. The second kappa shape index (κ2) is 12.2. The fraction of sp³-hybridized carbons (Fsp3) is 0.440. The van der Waals surface area contributed by atoms with Gasteiger partial charge >= 0.3 is 0 Å². The Morgan fingerprint density at radius 1 is 1.24 bits per heavy atom. The predicted molar refractivity (Wildman–Crippen MR) is 140 cm³/mol. The van der Waals surface area contributed by atoms with Crippen molar-refractivity contribution < 1.29 is 5.11 Å². The molecule has 0 bridgehead atoms.